The molecule has 0 aliphatic heterocycles. The predicted molar refractivity (Wildman–Crippen MR) is 73.0 cm³/mol. The first kappa shape index (κ1) is 11.4. The minimum Gasteiger partial charge on any atom is -0.307 e. The van der Waals surface area contributed by atoms with E-state index in [2.05, 4.69) is 59.1 Å². The van der Waals surface area contributed by atoms with Crippen LogP contribution in [0, 0.1) is 3.57 Å². The molecule has 1 aliphatic rings. The molecule has 2 heteroatoms. The van der Waals surface area contributed by atoms with E-state index < -0.39 is 0 Å². The van der Waals surface area contributed by atoms with Gasteiger partial charge in [-0.1, -0.05) is 25.0 Å². The fraction of sp³-hybridized carbons (Fsp3) is 0.538. The van der Waals surface area contributed by atoms with Gasteiger partial charge < -0.3 is 5.32 Å². The summed E-state index contributed by atoms with van der Waals surface area (Å²) in [5.74, 6) is 0. The highest BCUT2D eigenvalue weighted by molar-refractivity contribution is 14.1. The summed E-state index contributed by atoms with van der Waals surface area (Å²) >= 11 is 2.35. The van der Waals surface area contributed by atoms with E-state index in [1.54, 1.807) is 0 Å². The summed E-state index contributed by atoms with van der Waals surface area (Å²) in [6.45, 7) is 2.26. The van der Waals surface area contributed by atoms with Crippen LogP contribution in [0.3, 0.4) is 0 Å². The van der Waals surface area contributed by atoms with Crippen molar-refractivity contribution in [3.8, 4) is 0 Å². The van der Waals surface area contributed by atoms with Gasteiger partial charge in [-0.3, -0.25) is 0 Å². The molecule has 0 bridgehead atoms. The summed E-state index contributed by atoms with van der Waals surface area (Å²) in [6, 6.07) is 10.1. The van der Waals surface area contributed by atoms with Crippen LogP contribution in [0.1, 0.15) is 44.2 Å². The third kappa shape index (κ3) is 3.18. The van der Waals surface area contributed by atoms with Crippen LogP contribution in [-0.4, -0.2) is 6.04 Å². The second kappa shape index (κ2) is 5.30. The van der Waals surface area contributed by atoms with Crippen LogP contribution in [0.5, 0.6) is 0 Å². The molecular formula is C13H18IN. The first-order valence-electron chi connectivity index (χ1n) is 5.77. The van der Waals surface area contributed by atoms with Crippen LogP contribution >= 0.6 is 22.6 Å². The van der Waals surface area contributed by atoms with E-state index in [0.29, 0.717) is 6.04 Å². The molecule has 0 aromatic heterocycles. The lowest BCUT2D eigenvalue weighted by atomic mass is 10.1. The predicted octanol–water partition coefficient (Wildman–Crippen LogP) is 3.88. The van der Waals surface area contributed by atoms with Crippen molar-refractivity contribution in [2.45, 2.75) is 44.7 Å². The molecule has 1 aromatic carbocycles. The molecule has 1 N–H and O–H groups in total. The van der Waals surface area contributed by atoms with Crippen LogP contribution in [0.15, 0.2) is 24.3 Å². The lowest BCUT2D eigenvalue weighted by Crippen LogP contribution is -2.28. The Labute approximate surface area is 106 Å². The van der Waals surface area contributed by atoms with Gasteiger partial charge in [0.2, 0.25) is 0 Å². The van der Waals surface area contributed by atoms with Gasteiger partial charge in [0.25, 0.3) is 0 Å². The quantitative estimate of drug-likeness (QED) is 0.835. The van der Waals surface area contributed by atoms with E-state index in [1.165, 1.54) is 34.8 Å². The molecule has 1 atom stereocenters. The lowest BCUT2D eigenvalue weighted by molar-refractivity contribution is 0.461. The summed E-state index contributed by atoms with van der Waals surface area (Å²) in [7, 11) is 0. The van der Waals surface area contributed by atoms with E-state index in [9.17, 15) is 0 Å². The maximum absolute atomic E-state index is 3.71. The molecule has 2 rings (SSSR count). The Bertz CT molecular complexity index is 301. The number of rotatable bonds is 3. The highest BCUT2D eigenvalue weighted by atomic mass is 127. The molecule has 0 heterocycles. The van der Waals surface area contributed by atoms with Gasteiger partial charge in [0.1, 0.15) is 0 Å². The smallest absolute Gasteiger partial charge is 0.0294 e. The highest BCUT2D eigenvalue weighted by Gasteiger charge is 2.17. The molecule has 15 heavy (non-hydrogen) atoms. The van der Waals surface area contributed by atoms with E-state index >= 15 is 0 Å². The number of benzene rings is 1. The minimum absolute atomic E-state index is 0.491. The fourth-order valence-corrected chi connectivity index (χ4v) is 2.65. The van der Waals surface area contributed by atoms with Crippen LogP contribution < -0.4 is 5.32 Å². The summed E-state index contributed by atoms with van der Waals surface area (Å²) in [4.78, 5) is 0. The highest BCUT2D eigenvalue weighted by Crippen LogP contribution is 2.22. The van der Waals surface area contributed by atoms with Crippen molar-refractivity contribution < 1.29 is 0 Å². The van der Waals surface area contributed by atoms with Crippen molar-refractivity contribution in [3.05, 3.63) is 33.4 Å². The minimum atomic E-state index is 0.491. The van der Waals surface area contributed by atoms with Crippen LogP contribution in [0.25, 0.3) is 0 Å². The molecule has 1 aliphatic carbocycles. The van der Waals surface area contributed by atoms with Gasteiger partial charge in [-0.05, 0) is 60.1 Å². The Balaban J connectivity index is 1.94. The molecule has 0 amide bonds. The Kier molecular flexibility index (Phi) is 4.03. The SMILES string of the molecule is C[C@H](NC1CCCC1)c1ccc(I)cc1. The number of hydrogen-bond acceptors (Lipinski definition) is 1. The van der Waals surface area contributed by atoms with Gasteiger partial charge in [0.05, 0.1) is 0 Å². The maximum atomic E-state index is 3.71. The molecule has 0 radical (unpaired) electrons. The van der Waals surface area contributed by atoms with Gasteiger partial charge in [0.15, 0.2) is 0 Å². The topological polar surface area (TPSA) is 12.0 Å². The molecule has 0 spiro atoms. The zero-order valence-corrected chi connectivity index (χ0v) is 11.3. The van der Waals surface area contributed by atoms with Gasteiger partial charge in [0, 0.05) is 15.7 Å². The molecule has 1 fully saturated rings. The van der Waals surface area contributed by atoms with Crippen molar-refractivity contribution in [2.24, 2.45) is 0 Å². The number of hydrogen-bond donors (Lipinski definition) is 1. The molecule has 1 aromatic rings. The molecule has 0 saturated heterocycles. The first-order valence-corrected chi connectivity index (χ1v) is 6.85. The Morgan fingerprint density at radius 3 is 2.40 bits per heavy atom. The summed E-state index contributed by atoms with van der Waals surface area (Å²) in [6.07, 6.45) is 5.51. The van der Waals surface area contributed by atoms with Crippen molar-refractivity contribution in [3.63, 3.8) is 0 Å². The van der Waals surface area contributed by atoms with Gasteiger partial charge in [-0.25, -0.2) is 0 Å². The Morgan fingerprint density at radius 1 is 1.20 bits per heavy atom. The largest absolute Gasteiger partial charge is 0.307 e. The average Bonchev–Trinajstić information content (AvgIpc) is 2.71. The molecule has 1 saturated carbocycles. The second-order valence-electron chi connectivity index (χ2n) is 4.42. The van der Waals surface area contributed by atoms with Crippen molar-refractivity contribution in [1.82, 2.24) is 5.32 Å². The maximum Gasteiger partial charge on any atom is 0.0294 e. The van der Waals surface area contributed by atoms with E-state index in [0.717, 1.165) is 6.04 Å². The summed E-state index contributed by atoms with van der Waals surface area (Å²) < 4.78 is 1.31. The van der Waals surface area contributed by atoms with Gasteiger partial charge in [-0.15, -0.1) is 0 Å². The van der Waals surface area contributed by atoms with Crippen LogP contribution in [0.2, 0.25) is 0 Å². The number of halogens is 1. The van der Waals surface area contributed by atoms with Crippen molar-refractivity contribution in [1.29, 1.82) is 0 Å². The summed E-state index contributed by atoms with van der Waals surface area (Å²) in [5.41, 5.74) is 1.40. The second-order valence-corrected chi connectivity index (χ2v) is 5.67. The Morgan fingerprint density at radius 2 is 1.80 bits per heavy atom. The third-order valence-electron chi connectivity index (χ3n) is 3.21. The van der Waals surface area contributed by atoms with E-state index in [4.69, 9.17) is 0 Å². The molecule has 82 valence electrons. The number of nitrogens with one attached hydrogen (secondary N) is 1. The standard InChI is InChI=1S/C13H18IN/c1-10(15-13-4-2-3-5-13)11-6-8-12(14)9-7-11/h6-10,13,15H,2-5H2,1H3/t10-/m0/s1. The molecule has 1 nitrogen and oxygen atoms in total. The fourth-order valence-electron chi connectivity index (χ4n) is 2.29. The van der Waals surface area contributed by atoms with Crippen LogP contribution in [0.4, 0.5) is 0 Å². The van der Waals surface area contributed by atoms with Crippen molar-refractivity contribution >= 4 is 22.6 Å². The van der Waals surface area contributed by atoms with Crippen LogP contribution in [-0.2, 0) is 0 Å². The summed E-state index contributed by atoms with van der Waals surface area (Å²) in [5, 5.41) is 3.71. The molecular weight excluding hydrogens is 297 g/mol. The van der Waals surface area contributed by atoms with E-state index in [1.807, 2.05) is 0 Å². The average molecular weight is 315 g/mol. The Hall–Kier alpha value is -0.0900. The van der Waals surface area contributed by atoms with E-state index in [-0.39, 0.29) is 0 Å². The first-order chi connectivity index (χ1) is 7.25. The zero-order chi connectivity index (χ0) is 10.7. The lowest BCUT2D eigenvalue weighted by Gasteiger charge is -2.19. The van der Waals surface area contributed by atoms with Gasteiger partial charge >= 0.3 is 0 Å². The zero-order valence-electron chi connectivity index (χ0n) is 9.17. The van der Waals surface area contributed by atoms with Gasteiger partial charge in [-0.2, -0.15) is 0 Å². The third-order valence-corrected chi connectivity index (χ3v) is 3.93. The normalized spacial score (nSPS) is 19.3. The monoisotopic (exact) mass is 315 g/mol. The molecule has 0 unspecified atom stereocenters. The van der Waals surface area contributed by atoms with Crippen molar-refractivity contribution in [2.75, 3.05) is 0 Å².